The molecule has 0 aliphatic carbocycles. The van der Waals surface area contributed by atoms with Gasteiger partial charge in [0.15, 0.2) is 5.11 Å². The fraction of sp³-hybridized carbons (Fsp3) is 0.176. The van der Waals surface area contributed by atoms with E-state index in [9.17, 15) is 4.79 Å². The summed E-state index contributed by atoms with van der Waals surface area (Å²) in [6.07, 6.45) is 0. The minimum Gasteiger partial charge on any atom is -0.331 e. The van der Waals surface area contributed by atoms with Crippen LogP contribution in [0.25, 0.3) is 0 Å². The van der Waals surface area contributed by atoms with E-state index < -0.39 is 0 Å². The Labute approximate surface area is 144 Å². The van der Waals surface area contributed by atoms with E-state index in [1.165, 1.54) is 5.56 Å². The number of anilines is 1. The summed E-state index contributed by atoms with van der Waals surface area (Å²) in [5.41, 5.74) is 4.79. The van der Waals surface area contributed by atoms with Gasteiger partial charge in [-0.3, -0.25) is 10.1 Å². The van der Waals surface area contributed by atoms with Crippen LogP contribution in [-0.2, 0) is 0 Å². The third kappa shape index (κ3) is 4.15. The number of benzene rings is 2. The Morgan fingerprint density at radius 2 is 1.77 bits per heavy atom. The second-order valence-corrected chi connectivity index (χ2v) is 6.46. The summed E-state index contributed by atoms with van der Waals surface area (Å²) in [6.45, 7) is 6.02. The number of rotatable bonds is 2. The molecular weight excluding hydrogens is 360 g/mol. The zero-order valence-electron chi connectivity index (χ0n) is 12.7. The smallest absolute Gasteiger partial charge is 0.257 e. The maximum absolute atomic E-state index is 12.2. The van der Waals surface area contributed by atoms with Crippen LogP contribution in [0.15, 0.2) is 40.9 Å². The van der Waals surface area contributed by atoms with Crippen molar-refractivity contribution in [2.45, 2.75) is 20.8 Å². The zero-order valence-corrected chi connectivity index (χ0v) is 15.1. The Morgan fingerprint density at radius 1 is 1.09 bits per heavy atom. The first-order valence-corrected chi connectivity index (χ1v) is 8.02. The van der Waals surface area contributed by atoms with Crippen LogP contribution in [0.4, 0.5) is 5.69 Å². The molecule has 0 fully saturated rings. The molecule has 0 radical (unpaired) electrons. The lowest BCUT2D eigenvalue weighted by molar-refractivity contribution is 0.0977. The van der Waals surface area contributed by atoms with E-state index >= 15 is 0 Å². The second-order valence-electron chi connectivity index (χ2n) is 5.19. The molecule has 2 aromatic carbocycles. The molecule has 114 valence electrons. The Bertz CT molecular complexity index is 743. The number of aryl methyl sites for hydroxylation is 3. The van der Waals surface area contributed by atoms with Crippen molar-refractivity contribution < 1.29 is 4.79 Å². The minimum atomic E-state index is -0.221. The molecule has 0 aliphatic heterocycles. The molecule has 22 heavy (non-hydrogen) atoms. The monoisotopic (exact) mass is 376 g/mol. The molecule has 0 bridgehead atoms. The lowest BCUT2D eigenvalue weighted by Gasteiger charge is -2.13. The SMILES string of the molecule is Cc1cccc(C(=O)NC(=S)Nc2cc(C)c(C)cc2Br)c1. The zero-order chi connectivity index (χ0) is 16.3. The van der Waals surface area contributed by atoms with Gasteiger partial charge in [-0.15, -0.1) is 0 Å². The Kier molecular flexibility index (Phi) is 5.32. The van der Waals surface area contributed by atoms with Crippen molar-refractivity contribution in [3.05, 3.63) is 63.1 Å². The summed E-state index contributed by atoms with van der Waals surface area (Å²) in [6, 6.07) is 11.4. The fourth-order valence-corrected chi connectivity index (χ4v) is 2.75. The van der Waals surface area contributed by atoms with Gasteiger partial charge in [-0.1, -0.05) is 17.7 Å². The van der Waals surface area contributed by atoms with Crippen molar-refractivity contribution in [3.63, 3.8) is 0 Å². The number of hydrogen-bond donors (Lipinski definition) is 2. The van der Waals surface area contributed by atoms with Gasteiger partial charge in [0.2, 0.25) is 0 Å². The van der Waals surface area contributed by atoms with Crippen molar-refractivity contribution in [2.75, 3.05) is 5.32 Å². The number of halogens is 1. The topological polar surface area (TPSA) is 41.1 Å². The quantitative estimate of drug-likeness (QED) is 0.758. The molecule has 2 rings (SSSR count). The van der Waals surface area contributed by atoms with Gasteiger partial charge in [-0.2, -0.15) is 0 Å². The van der Waals surface area contributed by atoms with Gasteiger partial charge < -0.3 is 5.32 Å². The van der Waals surface area contributed by atoms with Crippen LogP contribution < -0.4 is 10.6 Å². The fourth-order valence-electron chi connectivity index (χ4n) is 1.99. The molecule has 3 nitrogen and oxygen atoms in total. The molecule has 0 aliphatic rings. The summed E-state index contributed by atoms with van der Waals surface area (Å²) < 4.78 is 0.905. The number of carbonyl (C=O) groups is 1. The molecule has 2 N–H and O–H groups in total. The molecule has 0 saturated carbocycles. The van der Waals surface area contributed by atoms with Crippen LogP contribution in [0.3, 0.4) is 0 Å². The van der Waals surface area contributed by atoms with Gasteiger partial charge >= 0.3 is 0 Å². The van der Waals surface area contributed by atoms with E-state index in [1.54, 1.807) is 6.07 Å². The average molecular weight is 377 g/mol. The second kappa shape index (κ2) is 7.03. The number of thiocarbonyl (C=S) groups is 1. The highest BCUT2D eigenvalue weighted by atomic mass is 79.9. The van der Waals surface area contributed by atoms with Gasteiger partial charge in [0.1, 0.15) is 0 Å². The molecule has 0 unspecified atom stereocenters. The normalized spacial score (nSPS) is 10.2. The Balaban J connectivity index is 2.07. The highest BCUT2D eigenvalue weighted by Crippen LogP contribution is 2.26. The first-order valence-electron chi connectivity index (χ1n) is 6.82. The van der Waals surface area contributed by atoms with E-state index in [0.717, 1.165) is 21.3 Å². The van der Waals surface area contributed by atoms with E-state index in [1.807, 2.05) is 51.1 Å². The van der Waals surface area contributed by atoms with Crippen LogP contribution in [0.2, 0.25) is 0 Å². The molecular formula is C17H17BrN2OS. The molecule has 0 spiro atoms. The highest BCUT2D eigenvalue weighted by molar-refractivity contribution is 9.10. The minimum absolute atomic E-state index is 0.221. The molecule has 0 saturated heterocycles. The van der Waals surface area contributed by atoms with Crippen molar-refractivity contribution in [1.29, 1.82) is 0 Å². The van der Waals surface area contributed by atoms with Crippen LogP contribution in [0, 0.1) is 20.8 Å². The Hall–Kier alpha value is -1.72. The van der Waals surface area contributed by atoms with Crippen LogP contribution in [0.1, 0.15) is 27.0 Å². The van der Waals surface area contributed by atoms with Crippen molar-refractivity contribution >= 4 is 44.9 Å². The predicted molar refractivity (Wildman–Crippen MR) is 98.5 cm³/mol. The Morgan fingerprint density at radius 3 is 2.45 bits per heavy atom. The largest absolute Gasteiger partial charge is 0.331 e. The van der Waals surface area contributed by atoms with Gasteiger partial charge in [0.05, 0.1) is 5.69 Å². The van der Waals surface area contributed by atoms with E-state index in [-0.39, 0.29) is 11.0 Å². The lowest BCUT2D eigenvalue weighted by atomic mass is 10.1. The molecule has 2 aromatic rings. The van der Waals surface area contributed by atoms with E-state index in [2.05, 4.69) is 26.6 Å². The predicted octanol–water partition coefficient (Wildman–Crippen LogP) is 4.50. The van der Waals surface area contributed by atoms with Crippen LogP contribution in [-0.4, -0.2) is 11.0 Å². The summed E-state index contributed by atoms with van der Waals surface area (Å²) in [5, 5.41) is 6.01. The van der Waals surface area contributed by atoms with E-state index in [0.29, 0.717) is 5.56 Å². The molecule has 5 heteroatoms. The summed E-state index contributed by atoms with van der Waals surface area (Å²) >= 11 is 8.71. The summed E-state index contributed by atoms with van der Waals surface area (Å²) in [7, 11) is 0. The molecule has 0 atom stereocenters. The molecule has 0 aromatic heterocycles. The third-order valence-corrected chi connectivity index (χ3v) is 4.20. The van der Waals surface area contributed by atoms with Gasteiger partial charge in [-0.25, -0.2) is 0 Å². The van der Waals surface area contributed by atoms with Crippen molar-refractivity contribution in [2.24, 2.45) is 0 Å². The summed E-state index contributed by atoms with van der Waals surface area (Å²) in [5.74, 6) is -0.221. The van der Waals surface area contributed by atoms with Gasteiger partial charge in [-0.05, 0) is 84.3 Å². The number of nitrogens with one attached hydrogen (secondary N) is 2. The maximum Gasteiger partial charge on any atom is 0.257 e. The molecule has 0 heterocycles. The van der Waals surface area contributed by atoms with Crippen molar-refractivity contribution in [1.82, 2.24) is 5.32 Å². The first-order chi connectivity index (χ1) is 10.4. The lowest BCUT2D eigenvalue weighted by Crippen LogP contribution is -2.34. The maximum atomic E-state index is 12.2. The number of hydrogen-bond acceptors (Lipinski definition) is 2. The van der Waals surface area contributed by atoms with Crippen molar-refractivity contribution in [3.8, 4) is 0 Å². The average Bonchev–Trinajstić information content (AvgIpc) is 2.44. The van der Waals surface area contributed by atoms with Gasteiger partial charge in [0, 0.05) is 10.0 Å². The third-order valence-electron chi connectivity index (χ3n) is 3.34. The van der Waals surface area contributed by atoms with Crippen LogP contribution in [0.5, 0.6) is 0 Å². The first kappa shape index (κ1) is 16.6. The standard InChI is InChI=1S/C17H17BrN2OS/c1-10-5-4-6-13(7-10)16(21)20-17(22)19-15-9-12(3)11(2)8-14(15)18/h4-9H,1-3H3,(H2,19,20,21,22). The van der Waals surface area contributed by atoms with E-state index in [4.69, 9.17) is 12.2 Å². The summed E-state index contributed by atoms with van der Waals surface area (Å²) in [4.78, 5) is 12.2. The number of carbonyl (C=O) groups excluding carboxylic acids is 1. The number of amides is 1. The van der Waals surface area contributed by atoms with Crippen LogP contribution >= 0.6 is 28.1 Å². The van der Waals surface area contributed by atoms with Gasteiger partial charge in [0.25, 0.3) is 5.91 Å². The molecule has 1 amide bonds. The highest BCUT2D eigenvalue weighted by Gasteiger charge is 2.10.